The van der Waals surface area contributed by atoms with Gasteiger partial charge in [-0.3, -0.25) is 39.9 Å². The molecule has 8 nitrogen and oxygen atoms in total. The Hall–Kier alpha value is -4.72. The summed E-state index contributed by atoms with van der Waals surface area (Å²) in [5.74, 6) is 0. The summed E-state index contributed by atoms with van der Waals surface area (Å²) in [6.45, 7) is 0. The van der Waals surface area contributed by atoms with E-state index in [1.165, 1.54) is 0 Å². The second-order valence-electron chi connectivity index (χ2n) is 8.11. The van der Waals surface area contributed by atoms with Crippen molar-refractivity contribution in [1.82, 2.24) is 39.9 Å². The Morgan fingerprint density at radius 1 is 0.270 bits per heavy atom. The molecule has 0 saturated carbocycles. The topological polar surface area (TPSA) is 103 Å². The van der Waals surface area contributed by atoms with Crippen molar-refractivity contribution < 1.29 is 17.1 Å². The maximum absolute atomic E-state index is 4.45. The molecule has 0 saturated heterocycles. The predicted molar refractivity (Wildman–Crippen MR) is 140 cm³/mol. The van der Waals surface area contributed by atoms with Crippen LogP contribution >= 0.6 is 0 Å². The van der Waals surface area contributed by atoms with Crippen molar-refractivity contribution in [2.75, 3.05) is 0 Å². The van der Waals surface area contributed by atoms with E-state index in [0.717, 1.165) is 65.7 Å². The number of hydrogen-bond donors (Lipinski definition) is 0. The van der Waals surface area contributed by atoms with Crippen molar-refractivity contribution in [3.63, 3.8) is 0 Å². The second kappa shape index (κ2) is 9.38. The fourth-order valence-electron chi connectivity index (χ4n) is 4.61. The van der Waals surface area contributed by atoms with Gasteiger partial charge in [-0.15, -0.1) is 0 Å². The van der Waals surface area contributed by atoms with E-state index in [-0.39, 0.29) is 17.1 Å². The van der Waals surface area contributed by atoms with E-state index >= 15 is 0 Å². The van der Waals surface area contributed by atoms with Crippen molar-refractivity contribution in [3.05, 3.63) is 98.1 Å². The van der Waals surface area contributed by atoms with E-state index in [4.69, 9.17) is 0 Å². The Bertz CT molecular complexity index is 1490. The molecule has 0 unspecified atom stereocenters. The molecule has 0 atom stereocenters. The normalized spacial score (nSPS) is 11.0. The van der Waals surface area contributed by atoms with Crippen molar-refractivity contribution in [1.29, 1.82) is 0 Å². The summed E-state index contributed by atoms with van der Waals surface area (Å²) < 4.78 is 0. The third-order valence-corrected chi connectivity index (χ3v) is 6.10. The minimum absolute atomic E-state index is 0. The fourth-order valence-corrected chi connectivity index (χ4v) is 4.61. The average molecular weight is 528 g/mol. The molecule has 0 spiro atoms. The molecule has 0 N–H and O–H groups in total. The Balaban J connectivity index is 0.000000133. The molecule has 179 valence electrons. The molecule has 0 fully saturated rings. The van der Waals surface area contributed by atoms with Gasteiger partial charge in [0.1, 0.15) is 33.1 Å². The summed E-state index contributed by atoms with van der Waals surface area (Å²) in [5.41, 5.74) is 6.92. The number of fused-ring (bicyclic) bond motifs is 12. The van der Waals surface area contributed by atoms with Crippen LogP contribution < -0.4 is 0 Å². The van der Waals surface area contributed by atoms with Crippen LogP contribution in [0.25, 0.3) is 65.7 Å². The molecule has 0 bridgehead atoms. The standard InChI is InChI=1S/2C14H8N4.Cu/c2*1-3-10-11(15-5-1)9-4-2-6-16-12(9)14-13(10)17-7-8-18-14;/h2*1-8H;. The van der Waals surface area contributed by atoms with Gasteiger partial charge >= 0.3 is 0 Å². The smallest absolute Gasteiger partial charge is 0.116 e. The van der Waals surface area contributed by atoms with E-state index in [0.29, 0.717) is 0 Å². The molecule has 8 aromatic rings. The number of aromatic nitrogens is 8. The molecular weight excluding hydrogens is 512 g/mol. The third kappa shape index (κ3) is 3.69. The molecule has 0 amide bonds. The zero-order valence-electron chi connectivity index (χ0n) is 19.1. The molecule has 37 heavy (non-hydrogen) atoms. The van der Waals surface area contributed by atoms with E-state index in [9.17, 15) is 0 Å². The number of pyridine rings is 4. The summed E-state index contributed by atoms with van der Waals surface area (Å²) in [6, 6.07) is 15.7. The quantitative estimate of drug-likeness (QED) is 0.189. The monoisotopic (exact) mass is 527 g/mol. The van der Waals surface area contributed by atoms with Gasteiger partial charge in [0.15, 0.2) is 0 Å². The molecule has 0 aliphatic carbocycles. The maximum Gasteiger partial charge on any atom is 0.116 e. The van der Waals surface area contributed by atoms with Gasteiger partial charge in [-0.05, 0) is 48.5 Å². The van der Waals surface area contributed by atoms with Crippen LogP contribution in [0.1, 0.15) is 0 Å². The molecule has 6 aromatic heterocycles. The number of benzene rings is 2. The first-order valence-corrected chi connectivity index (χ1v) is 11.3. The average Bonchev–Trinajstić information content (AvgIpc) is 2.98. The van der Waals surface area contributed by atoms with E-state index < -0.39 is 0 Å². The molecule has 6 heterocycles. The van der Waals surface area contributed by atoms with Crippen molar-refractivity contribution in [3.8, 4) is 0 Å². The zero-order chi connectivity index (χ0) is 23.9. The first-order valence-electron chi connectivity index (χ1n) is 11.3. The van der Waals surface area contributed by atoms with Crippen LogP contribution in [0.5, 0.6) is 0 Å². The number of rotatable bonds is 0. The molecular formula is C28H16CuN8. The van der Waals surface area contributed by atoms with Crippen molar-refractivity contribution >= 4 is 65.7 Å². The molecule has 2 aromatic carbocycles. The Kier molecular flexibility index (Phi) is 5.76. The van der Waals surface area contributed by atoms with Gasteiger partial charge in [0.05, 0.1) is 11.0 Å². The fraction of sp³-hybridized carbons (Fsp3) is 0. The van der Waals surface area contributed by atoms with Crippen LogP contribution in [0.15, 0.2) is 98.1 Å². The van der Waals surface area contributed by atoms with Gasteiger partial charge < -0.3 is 0 Å². The van der Waals surface area contributed by atoms with Crippen molar-refractivity contribution in [2.24, 2.45) is 0 Å². The predicted octanol–water partition coefficient (Wildman–Crippen LogP) is 5.45. The SMILES string of the molecule is [Cu].c1cnc2c(c1)c1ncccc1c1nccnc21.c1cnc2c(c1)c1ncccc1c1nccnc21. The zero-order valence-corrected chi connectivity index (χ0v) is 20.1. The molecule has 1 radical (unpaired) electrons. The summed E-state index contributed by atoms with van der Waals surface area (Å²) in [7, 11) is 0. The number of hydrogen-bond acceptors (Lipinski definition) is 8. The first kappa shape index (κ1) is 22.7. The van der Waals surface area contributed by atoms with Gasteiger partial charge in [0, 0.05) is 88.2 Å². The molecule has 8 rings (SSSR count). The molecule has 0 aliphatic rings. The van der Waals surface area contributed by atoms with Crippen LogP contribution in [-0.4, -0.2) is 39.9 Å². The summed E-state index contributed by atoms with van der Waals surface area (Å²) in [4.78, 5) is 35.4. The third-order valence-electron chi connectivity index (χ3n) is 6.10. The minimum atomic E-state index is 0. The Morgan fingerprint density at radius 3 is 0.838 bits per heavy atom. The summed E-state index contributed by atoms with van der Waals surface area (Å²) in [6.07, 6.45) is 13.9. The number of nitrogens with zero attached hydrogens (tertiary/aromatic N) is 8. The Labute approximate surface area is 220 Å². The molecule has 9 heteroatoms. The van der Waals surface area contributed by atoms with Gasteiger partial charge in [0.25, 0.3) is 0 Å². The van der Waals surface area contributed by atoms with Gasteiger partial charge in [-0.25, -0.2) is 0 Å². The summed E-state index contributed by atoms with van der Waals surface area (Å²) in [5, 5.41) is 4.06. The first-order chi connectivity index (χ1) is 17.9. The van der Waals surface area contributed by atoms with E-state index in [2.05, 4.69) is 39.9 Å². The largest absolute Gasteiger partial charge is 0.255 e. The van der Waals surface area contributed by atoms with Crippen LogP contribution in [-0.2, 0) is 17.1 Å². The van der Waals surface area contributed by atoms with Crippen LogP contribution in [0.4, 0.5) is 0 Å². The van der Waals surface area contributed by atoms with Crippen LogP contribution in [0, 0.1) is 0 Å². The Morgan fingerprint density at radius 2 is 0.514 bits per heavy atom. The van der Waals surface area contributed by atoms with Gasteiger partial charge in [0.2, 0.25) is 0 Å². The van der Waals surface area contributed by atoms with Crippen LogP contribution in [0.2, 0.25) is 0 Å². The van der Waals surface area contributed by atoms with Crippen molar-refractivity contribution in [2.45, 2.75) is 0 Å². The minimum Gasteiger partial charge on any atom is -0.255 e. The van der Waals surface area contributed by atoms with Gasteiger partial charge in [-0.1, -0.05) is 0 Å². The van der Waals surface area contributed by atoms with E-state index in [1.807, 2.05) is 48.5 Å². The summed E-state index contributed by atoms with van der Waals surface area (Å²) >= 11 is 0. The van der Waals surface area contributed by atoms with Gasteiger partial charge in [-0.2, -0.15) is 0 Å². The maximum atomic E-state index is 4.45. The molecule has 0 aliphatic heterocycles. The van der Waals surface area contributed by atoms with Crippen LogP contribution in [0.3, 0.4) is 0 Å². The second-order valence-corrected chi connectivity index (χ2v) is 8.11. The van der Waals surface area contributed by atoms with E-state index in [1.54, 1.807) is 49.6 Å².